The van der Waals surface area contributed by atoms with E-state index in [0.717, 1.165) is 0 Å². The van der Waals surface area contributed by atoms with E-state index in [2.05, 4.69) is 0 Å². The first-order chi connectivity index (χ1) is 1.73. The molecule has 0 rings (SSSR count). The normalized spacial score (nSPS) is 12.6. The Kier molecular flexibility index (Phi) is 10.8. The second-order valence-corrected chi connectivity index (χ2v) is 0.599. The topological polar surface area (TPSA) is 43.3 Å². The maximum absolute atomic E-state index is 9.08. The van der Waals surface area contributed by atoms with Crippen LogP contribution in [-0.2, 0) is 0 Å². The fourth-order valence-corrected chi connectivity index (χ4v) is 0. The van der Waals surface area contributed by atoms with E-state index in [-0.39, 0.29) is 51.4 Å². The summed E-state index contributed by atoms with van der Waals surface area (Å²) in [5.41, 5.74) is 0. The summed E-state index contributed by atoms with van der Waals surface area (Å²) in [6.45, 7) is 1.17. The van der Waals surface area contributed by atoms with E-state index >= 15 is 0 Å². The molecule has 0 heterocycles. The molecule has 1 atom stereocenters. The molecule has 0 aliphatic heterocycles. The molecule has 3 heteroatoms. The minimum Gasteiger partial charge on any atom is -0.831 e. The zero-order valence-corrected chi connectivity index (χ0v) is 6.56. The summed E-state index contributed by atoms with van der Waals surface area (Å²) in [6.07, 6.45) is -1.42. The van der Waals surface area contributed by atoms with Gasteiger partial charge in [0.15, 0.2) is 0 Å². The predicted molar refractivity (Wildman–Crippen MR) is 11.7 cm³/mol. The molecular formula is C2H5KO2. The minimum atomic E-state index is -1.42. The molecule has 0 radical (unpaired) electrons. The van der Waals surface area contributed by atoms with Crippen molar-refractivity contribution in [3.8, 4) is 0 Å². The van der Waals surface area contributed by atoms with Gasteiger partial charge < -0.3 is 10.2 Å². The fourth-order valence-electron chi connectivity index (χ4n) is 0. The maximum Gasteiger partial charge on any atom is 1.00 e. The van der Waals surface area contributed by atoms with Crippen molar-refractivity contribution in [1.29, 1.82) is 0 Å². The molecule has 1 N–H and O–H groups in total. The molecule has 0 saturated carbocycles. The Hall–Kier alpha value is 1.56. The smallest absolute Gasteiger partial charge is 0.831 e. The third kappa shape index (κ3) is 29.0. The van der Waals surface area contributed by atoms with E-state index in [4.69, 9.17) is 10.2 Å². The van der Waals surface area contributed by atoms with Gasteiger partial charge in [0.2, 0.25) is 0 Å². The summed E-state index contributed by atoms with van der Waals surface area (Å²) in [5, 5.41) is 16.6. The molecule has 5 heavy (non-hydrogen) atoms. The molecule has 0 aromatic rings. The molecule has 0 aliphatic carbocycles. The predicted octanol–water partition coefficient (Wildman–Crippen LogP) is -4.31. The van der Waals surface area contributed by atoms with Crippen molar-refractivity contribution in [2.45, 2.75) is 13.2 Å². The van der Waals surface area contributed by atoms with E-state index in [1.807, 2.05) is 0 Å². The van der Waals surface area contributed by atoms with Crippen molar-refractivity contribution in [2.24, 2.45) is 0 Å². The van der Waals surface area contributed by atoms with Crippen molar-refractivity contribution in [1.82, 2.24) is 0 Å². The molecule has 2 nitrogen and oxygen atoms in total. The average Bonchev–Trinajstić information content (AvgIpc) is 0.811. The van der Waals surface area contributed by atoms with Gasteiger partial charge in [0.1, 0.15) is 0 Å². The average molecular weight is 100 g/mol. The van der Waals surface area contributed by atoms with E-state index in [9.17, 15) is 0 Å². The molecule has 0 bridgehead atoms. The van der Waals surface area contributed by atoms with E-state index in [1.54, 1.807) is 0 Å². The monoisotopic (exact) mass is 100.0 g/mol. The Morgan fingerprint density at radius 2 is 1.80 bits per heavy atom. The van der Waals surface area contributed by atoms with Crippen LogP contribution in [0.5, 0.6) is 0 Å². The Balaban J connectivity index is 0. The molecule has 0 aliphatic rings. The van der Waals surface area contributed by atoms with Gasteiger partial charge in [-0.05, 0) is 6.29 Å². The van der Waals surface area contributed by atoms with Crippen LogP contribution in [0.15, 0.2) is 0 Å². The molecule has 1 unspecified atom stereocenters. The number of aliphatic hydroxyl groups excluding tert-OH is 1. The zero-order chi connectivity index (χ0) is 3.58. The first kappa shape index (κ1) is 9.75. The standard InChI is InChI=1S/C2H5O2.K/c1-2(3)4;/h2-3H,1H3;/q-1;+1. The van der Waals surface area contributed by atoms with Gasteiger partial charge in [0, 0.05) is 0 Å². The summed E-state index contributed by atoms with van der Waals surface area (Å²) in [7, 11) is 0. The molecule has 0 aromatic heterocycles. The van der Waals surface area contributed by atoms with Crippen LogP contribution in [0.2, 0.25) is 0 Å². The van der Waals surface area contributed by atoms with E-state index in [0.29, 0.717) is 0 Å². The summed E-state index contributed by atoms with van der Waals surface area (Å²) in [6, 6.07) is 0. The van der Waals surface area contributed by atoms with Gasteiger partial charge in [0.25, 0.3) is 0 Å². The van der Waals surface area contributed by atoms with Crippen LogP contribution in [0.4, 0.5) is 0 Å². The second kappa shape index (κ2) is 5.56. The number of hydrogen-bond acceptors (Lipinski definition) is 2. The van der Waals surface area contributed by atoms with Crippen LogP contribution in [0.3, 0.4) is 0 Å². The molecule has 0 saturated heterocycles. The molecule has 0 spiro atoms. The number of aliphatic hydroxyl groups is 1. The molecule has 0 amide bonds. The Morgan fingerprint density at radius 1 is 1.80 bits per heavy atom. The van der Waals surface area contributed by atoms with Gasteiger partial charge in [0.05, 0.1) is 0 Å². The first-order valence-electron chi connectivity index (χ1n) is 1.07. The second-order valence-electron chi connectivity index (χ2n) is 0.599. The van der Waals surface area contributed by atoms with Crippen LogP contribution < -0.4 is 56.5 Å². The van der Waals surface area contributed by atoms with Crippen molar-refractivity contribution in [3.05, 3.63) is 0 Å². The minimum absolute atomic E-state index is 0. The van der Waals surface area contributed by atoms with Gasteiger partial charge >= 0.3 is 51.4 Å². The van der Waals surface area contributed by atoms with Crippen molar-refractivity contribution in [3.63, 3.8) is 0 Å². The zero-order valence-electron chi connectivity index (χ0n) is 3.43. The molecular weight excluding hydrogens is 95.1 g/mol. The molecule has 0 aromatic carbocycles. The van der Waals surface area contributed by atoms with Crippen molar-refractivity contribution >= 4 is 0 Å². The van der Waals surface area contributed by atoms with Gasteiger partial charge in [-0.15, -0.1) is 0 Å². The largest absolute Gasteiger partial charge is 1.00 e. The van der Waals surface area contributed by atoms with E-state index in [1.165, 1.54) is 6.92 Å². The van der Waals surface area contributed by atoms with Crippen LogP contribution >= 0.6 is 0 Å². The van der Waals surface area contributed by atoms with Crippen molar-refractivity contribution in [2.75, 3.05) is 0 Å². The third-order valence-electron chi connectivity index (χ3n) is 0. The number of hydrogen-bond donors (Lipinski definition) is 1. The summed E-state index contributed by atoms with van der Waals surface area (Å²) in [5.74, 6) is 0. The van der Waals surface area contributed by atoms with Gasteiger partial charge in [-0.25, -0.2) is 0 Å². The number of rotatable bonds is 0. The Morgan fingerprint density at radius 3 is 1.80 bits per heavy atom. The van der Waals surface area contributed by atoms with Crippen LogP contribution in [0, 0.1) is 0 Å². The van der Waals surface area contributed by atoms with Crippen LogP contribution in [-0.4, -0.2) is 11.4 Å². The maximum atomic E-state index is 9.08. The fraction of sp³-hybridized carbons (Fsp3) is 1.00. The van der Waals surface area contributed by atoms with Crippen molar-refractivity contribution < 1.29 is 61.6 Å². The Labute approximate surface area is 73.6 Å². The Bertz CT molecular complexity index is 12.4. The molecule has 0 fully saturated rings. The summed E-state index contributed by atoms with van der Waals surface area (Å²) < 4.78 is 0. The van der Waals surface area contributed by atoms with Gasteiger partial charge in [-0.3, -0.25) is 0 Å². The van der Waals surface area contributed by atoms with Crippen LogP contribution in [0.1, 0.15) is 6.92 Å². The third-order valence-corrected chi connectivity index (χ3v) is 0. The van der Waals surface area contributed by atoms with Gasteiger partial charge in [-0.2, -0.15) is 0 Å². The van der Waals surface area contributed by atoms with Crippen LogP contribution in [0.25, 0.3) is 0 Å². The quantitative estimate of drug-likeness (QED) is 0.247. The summed E-state index contributed by atoms with van der Waals surface area (Å²) in [4.78, 5) is 0. The van der Waals surface area contributed by atoms with Gasteiger partial charge in [-0.1, -0.05) is 6.92 Å². The summed E-state index contributed by atoms with van der Waals surface area (Å²) >= 11 is 0. The molecule has 26 valence electrons. The SMILES string of the molecule is CC([O-])O.[K+]. The first-order valence-corrected chi connectivity index (χ1v) is 1.07. The van der Waals surface area contributed by atoms with E-state index < -0.39 is 6.29 Å².